The number of anilines is 1. The molecule has 0 unspecified atom stereocenters. The molecule has 0 bridgehead atoms. The molecule has 7 nitrogen and oxygen atoms in total. The number of sulfonamides is 1. The Bertz CT molecular complexity index is 1060. The van der Waals surface area contributed by atoms with Crippen molar-refractivity contribution in [3.8, 4) is 0 Å². The number of piperidine rings is 1. The van der Waals surface area contributed by atoms with Gasteiger partial charge in [-0.3, -0.25) is 9.59 Å². The topological polar surface area (TPSA) is 84.0 Å². The van der Waals surface area contributed by atoms with E-state index in [0.29, 0.717) is 24.4 Å². The van der Waals surface area contributed by atoms with Crippen LogP contribution in [0, 0.1) is 5.92 Å². The first-order valence-electron chi connectivity index (χ1n) is 11.2. The van der Waals surface area contributed by atoms with Crippen molar-refractivity contribution in [3.63, 3.8) is 0 Å². The first kappa shape index (κ1) is 24.9. The number of carbonyl (C=O) groups excluding carboxylic acids is 2. The maximum atomic E-state index is 13.0. The molecule has 0 saturated carbocycles. The highest BCUT2D eigenvalue weighted by atomic mass is 32.2. The number of nitrogens with zero attached hydrogens (tertiary/aromatic N) is 2. The molecule has 0 radical (unpaired) electrons. The zero-order chi connectivity index (χ0) is 24.2. The van der Waals surface area contributed by atoms with Gasteiger partial charge in [0.2, 0.25) is 10.0 Å². The predicted octanol–water partition coefficient (Wildman–Crippen LogP) is 3.81. The fraction of sp³-hybridized carbons (Fsp3) is 0.440. The molecular weight excluding hydrogens is 440 g/mol. The predicted molar refractivity (Wildman–Crippen MR) is 127 cm³/mol. The molecule has 3 rings (SSSR count). The van der Waals surface area contributed by atoms with E-state index in [4.69, 9.17) is 4.74 Å². The highest BCUT2D eigenvalue weighted by Crippen LogP contribution is 2.26. The molecule has 178 valence electrons. The molecule has 33 heavy (non-hydrogen) atoms. The number of hydrogen-bond acceptors (Lipinski definition) is 5. The molecule has 0 aromatic heterocycles. The van der Waals surface area contributed by atoms with E-state index >= 15 is 0 Å². The number of para-hydroxylation sites is 1. The molecule has 8 heteroatoms. The summed E-state index contributed by atoms with van der Waals surface area (Å²) in [6.45, 7) is 6.14. The van der Waals surface area contributed by atoms with E-state index in [1.807, 2.05) is 30.3 Å². The van der Waals surface area contributed by atoms with E-state index in [1.165, 1.54) is 9.21 Å². The third kappa shape index (κ3) is 5.81. The second-order valence-electron chi connectivity index (χ2n) is 8.71. The Morgan fingerprint density at radius 3 is 2.09 bits per heavy atom. The van der Waals surface area contributed by atoms with Gasteiger partial charge < -0.3 is 9.64 Å². The Hall–Kier alpha value is -2.71. The van der Waals surface area contributed by atoms with Crippen LogP contribution in [0.3, 0.4) is 0 Å². The van der Waals surface area contributed by atoms with Gasteiger partial charge in [-0.1, -0.05) is 44.2 Å². The van der Waals surface area contributed by atoms with E-state index in [2.05, 4.69) is 13.8 Å². The van der Waals surface area contributed by atoms with E-state index in [-0.39, 0.29) is 23.9 Å². The summed E-state index contributed by atoms with van der Waals surface area (Å²) < 4.78 is 32.8. The Balaban J connectivity index is 1.55. The smallest absolute Gasteiger partial charge is 0.309 e. The zero-order valence-corrected chi connectivity index (χ0v) is 20.4. The van der Waals surface area contributed by atoms with Gasteiger partial charge in [0, 0.05) is 25.8 Å². The molecule has 0 spiro atoms. The molecule has 0 N–H and O–H groups in total. The van der Waals surface area contributed by atoms with E-state index in [1.54, 1.807) is 38.2 Å². The lowest BCUT2D eigenvalue weighted by Gasteiger charge is -2.31. The summed E-state index contributed by atoms with van der Waals surface area (Å²) in [6, 6.07) is 16.1. The monoisotopic (exact) mass is 472 g/mol. The molecule has 1 atom stereocenters. The van der Waals surface area contributed by atoms with Crippen LogP contribution in [0.1, 0.15) is 45.1 Å². The van der Waals surface area contributed by atoms with Gasteiger partial charge in [0.05, 0.1) is 10.8 Å². The van der Waals surface area contributed by atoms with Crippen molar-refractivity contribution in [3.05, 3.63) is 60.2 Å². The van der Waals surface area contributed by atoms with Crippen LogP contribution >= 0.6 is 0 Å². The van der Waals surface area contributed by atoms with E-state index < -0.39 is 28.0 Å². The van der Waals surface area contributed by atoms with Crippen LogP contribution in [0.4, 0.5) is 5.69 Å². The molecule has 1 heterocycles. The summed E-state index contributed by atoms with van der Waals surface area (Å²) in [6.07, 6.45) is -0.209. The largest absolute Gasteiger partial charge is 0.452 e. The first-order chi connectivity index (χ1) is 15.6. The zero-order valence-electron chi connectivity index (χ0n) is 19.6. The fourth-order valence-electron chi connectivity index (χ4n) is 3.88. The lowest BCUT2D eigenvalue weighted by Crippen LogP contribution is -2.42. The first-order valence-corrected chi connectivity index (χ1v) is 12.7. The van der Waals surface area contributed by atoms with Crippen molar-refractivity contribution in [2.45, 2.75) is 50.5 Å². The van der Waals surface area contributed by atoms with Crippen molar-refractivity contribution in [1.29, 1.82) is 0 Å². The second kappa shape index (κ2) is 10.5. The lowest BCUT2D eigenvalue weighted by atomic mass is 9.98. The number of hydrogen-bond donors (Lipinski definition) is 0. The number of benzene rings is 2. The molecule has 1 aliphatic heterocycles. The second-order valence-corrected chi connectivity index (χ2v) is 10.7. The number of carbonyl (C=O) groups is 2. The molecule has 0 aliphatic carbocycles. The maximum Gasteiger partial charge on any atom is 0.309 e. The number of ether oxygens (including phenoxy) is 1. The Kier molecular flexibility index (Phi) is 7.92. The average Bonchev–Trinajstić information content (AvgIpc) is 2.83. The Morgan fingerprint density at radius 2 is 1.55 bits per heavy atom. The van der Waals surface area contributed by atoms with Crippen molar-refractivity contribution in [2.24, 2.45) is 5.92 Å². The van der Waals surface area contributed by atoms with Gasteiger partial charge in [-0.25, -0.2) is 8.42 Å². The lowest BCUT2D eigenvalue weighted by molar-refractivity contribution is -0.159. The van der Waals surface area contributed by atoms with Crippen LogP contribution in [0.25, 0.3) is 0 Å². The third-order valence-electron chi connectivity index (χ3n) is 6.09. The summed E-state index contributed by atoms with van der Waals surface area (Å²) in [5, 5.41) is 0. The fourth-order valence-corrected chi connectivity index (χ4v) is 5.35. The number of likely N-dealkylation sites (N-methyl/N-ethyl adjacent to an activating group) is 1. The van der Waals surface area contributed by atoms with Gasteiger partial charge in [-0.05, 0) is 55.5 Å². The van der Waals surface area contributed by atoms with Gasteiger partial charge in [0.15, 0.2) is 6.10 Å². The molecular formula is C25H32N2O5S. The number of amides is 1. The summed E-state index contributed by atoms with van der Waals surface area (Å²) in [7, 11) is -1.97. The van der Waals surface area contributed by atoms with Crippen LogP contribution < -0.4 is 4.90 Å². The maximum absolute atomic E-state index is 13.0. The molecule has 1 aliphatic rings. The molecule has 2 aromatic carbocycles. The van der Waals surface area contributed by atoms with Crippen molar-refractivity contribution < 1.29 is 22.7 Å². The van der Waals surface area contributed by atoms with Crippen LogP contribution in [0.5, 0.6) is 0 Å². The SMILES string of the molecule is CC(C)c1ccc(S(=O)(=O)N2CCC(C(=O)O[C@@H](C)C(=O)N(C)c3ccccc3)CC2)cc1. The van der Waals surface area contributed by atoms with Gasteiger partial charge in [-0.15, -0.1) is 0 Å². The Labute approximate surface area is 196 Å². The van der Waals surface area contributed by atoms with Crippen LogP contribution in [-0.2, 0) is 24.3 Å². The number of rotatable bonds is 7. The molecule has 1 amide bonds. The summed E-state index contributed by atoms with van der Waals surface area (Å²) >= 11 is 0. The minimum absolute atomic E-state index is 0.236. The molecule has 1 saturated heterocycles. The van der Waals surface area contributed by atoms with Crippen LogP contribution in [0.15, 0.2) is 59.5 Å². The van der Waals surface area contributed by atoms with E-state index in [9.17, 15) is 18.0 Å². The van der Waals surface area contributed by atoms with Gasteiger partial charge in [-0.2, -0.15) is 4.31 Å². The van der Waals surface area contributed by atoms with Gasteiger partial charge >= 0.3 is 5.97 Å². The van der Waals surface area contributed by atoms with E-state index in [0.717, 1.165) is 5.56 Å². The molecule has 1 fully saturated rings. The number of esters is 1. The van der Waals surface area contributed by atoms with Crippen molar-refractivity contribution in [2.75, 3.05) is 25.0 Å². The minimum Gasteiger partial charge on any atom is -0.452 e. The summed E-state index contributed by atoms with van der Waals surface area (Å²) in [5.41, 5.74) is 1.79. The van der Waals surface area contributed by atoms with Crippen LogP contribution in [-0.4, -0.2) is 50.8 Å². The standard InChI is InChI=1S/C25H32N2O5S/c1-18(2)20-10-12-23(13-11-20)33(30,31)27-16-14-21(15-17-27)25(29)32-19(3)24(28)26(4)22-8-6-5-7-9-22/h5-13,18-19,21H,14-17H2,1-4H3/t19-/m0/s1. The van der Waals surface area contributed by atoms with Crippen LogP contribution in [0.2, 0.25) is 0 Å². The Morgan fingerprint density at radius 1 is 0.970 bits per heavy atom. The molecule has 2 aromatic rings. The average molecular weight is 473 g/mol. The quantitative estimate of drug-likeness (QED) is 0.572. The van der Waals surface area contributed by atoms with Crippen molar-refractivity contribution in [1.82, 2.24) is 4.31 Å². The summed E-state index contributed by atoms with van der Waals surface area (Å²) in [4.78, 5) is 27.0. The summed E-state index contributed by atoms with van der Waals surface area (Å²) in [5.74, 6) is -0.891. The third-order valence-corrected chi connectivity index (χ3v) is 8.00. The van der Waals surface area contributed by atoms with Gasteiger partial charge in [0.25, 0.3) is 5.91 Å². The highest BCUT2D eigenvalue weighted by Gasteiger charge is 2.34. The normalized spacial score (nSPS) is 16.4. The highest BCUT2D eigenvalue weighted by molar-refractivity contribution is 7.89. The minimum atomic E-state index is -3.61. The van der Waals surface area contributed by atoms with Crippen molar-refractivity contribution >= 4 is 27.6 Å². The van der Waals surface area contributed by atoms with Gasteiger partial charge in [0.1, 0.15) is 0 Å².